The smallest absolute Gasteiger partial charge is 0.256 e. The van der Waals surface area contributed by atoms with Crippen LogP contribution in [0.2, 0.25) is 0 Å². The molecule has 1 N–H and O–H groups in total. The summed E-state index contributed by atoms with van der Waals surface area (Å²) in [5, 5.41) is 2.84. The van der Waals surface area contributed by atoms with Gasteiger partial charge in [0.2, 0.25) is 0 Å². The second-order valence-electron chi connectivity index (χ2n) is 3.03. The molecule has 0 aromatic heterocycles. The Kier molecular flexibility index (Phi) is 1.89. The lowest BCUT2D eigenvalue weighted by Gasteiger charge is -1.96. The number of nitrogens with one attached hydrogen (secondary N) is 1. The quantitative estimate of drug-likeness (QED) is 0.692. The van der Waals surface area contributed by atoms with Gasteiger partial charge in [-0.3, -0.25) is 4.79 Å². The molecule has 1 aromatic rings. The molecule has 0 bridgehead atoms. The van der Waals surface area contributed by atoms with E-state index in [1.54, 1.807) is 0 Å². The first-order chi connectivity index (χ1) is 6.33. The summed E-state index contributed by atoms with van der Waals surface area (Å²) in [5.74, 6) is 0.00954. The molecule has 0 fully saturated rings. The number of rotatable bonds is 1. The van der Waals surface area contributed by atoms with Crippen molar-refractivity contribution in [1.29, 1.82) is 0 Å². The van der Waals surface area contributed by atoms with Gasteiger partial charge in [0.05, 0.1) is 0 Å². The van der Waals surface area contributed by atoms with Crippen molar-refractivity contribution in [2.75, 3.05) is 0 Å². The highest BCUT2D eigenvalue weighted by Gasteiger charge is 2.21. The predicted molar refractivity (Wildman–Crippen MR) is 52.2 cm³/mol. The van der Waals surface area contributed by atoms with Crippen molar-refractivity contribution < 1.29 is 4.79 Å². The topological polar surface area (TPSA) is 29.1 Å². The summed E-state index contributed by atoms with van der Waals surface area (Å²) in [4.78, 5) is 11.4. The van der Waals surface area contributed by atoms with Crippen molar-refractivity contribution >= 4 is 11.6 Å². The number of hydrogen-bond acceptors (Lipinski definition) is 1. The van der Waals surface area contributed by atoms with Crippen molar-refractivity contribution in [3.63, 3.8) is 0 Å². The lowest BCUT2D eigenvalue weighted by Crippen LogP contribution is -2.11. The molecule has 0 saturated carbocycles. The minimum absolute atomic E-state index is 0.00954. The van der Waals surface area contributed by atoms with Gasteiger partial charge in [-0.2, -0.15) is 0 Å². The van der Waals surface area contributed by atoms with Gasteiger partial charge in [0, 0.05) is 16.8 Å². The van der Waals surface area contributed by atoms with Crippen LogP contribution in [0.25, 0.3) is 5.70 Å². The van der Waals surface area contributed by atoms with E-state index >= 15 is 0 Å². The molecule has 1 amide bonds. The fraction of sp³-hybridized carbons (Fsp3) is 0.182. The number of hydrogen-bond donors (Lipinski definition) is 1. The highest BCUT2D eigenvalue weighted by Crippen LogP contribution is 2.23. The first kappa shape index (κ1) is 8.05. The average Bonchev–Trinajstić information content (AvgIpc) is 2.46. The summed E-state index contributed by atoms with van der Waals surface area (Å²) >= 11 is 0. The number of amides is 1. The molecule has 2 rings (SSSR count). The van der Waals surface area contributed by atoms with Gasteiger partial charge >= 0.3 is 0 Å². The molecule has 2 nitrogen and oxygen atoms in total. The molecular formula is C11H11NO. The first-order valence-electron chi connectivity index (χ1n) is 4.44. The van der Waals surface area contributed by atoms with E-state index in [2.05, 4.69) is 12.2 Å². The van der Waals surface area contributed by atoms with Crippen LogP contribution in [0.15, 0.2) is 30.3 Å². The molecule has 0 aliphatic carbocycles. The number of carbonyl (C=O) groups is 1. The zero-order valence-corrected chi connectivity index (χ0v) is 7.50. The highest BCUT2D eigenvalue weighted by atomic mass is 16.1. The monoisotopic (exact) mass is 173 g/mol. The second-order valence-corrected chi connectivity index (χ2v) is 3.03. The van der Waals surface area contributed by atoms with Crippen LogP contribution in [0.5, 0.6) is 0 Å². The van der Waals surface area contributed by atoms with Crippen LogP contribution < -0.4 is 5.32 Å². The molecule has 1 aliphatic heterocycles. The third-order valence-corrected chi connectivity index (χ3v) is 2.12. The second kappa shape index (κ2) is 3.05. The summed E-state index contributed by atoms with van der Waals surface area (Å²) in [6.07, 6.45) is 2.97. The summed E-state index contributed by atoms with van der Waals surface area (Å²) < 4.78 is 0. The van der Waals surface area contributed by atoms with E-state index in [1.165, 1.54) is 0 Å². The lowest BCUT2D eigenvalue weighted by molar-refractivity contribution is 0.0981. The van der Waals surface area contributed by atoms with Gasteiger partial charge in [-0.05, 0) is 12.5 Å². The van der Waals surface area contributed by atoms with Crippen LogP contribution >= 0.6 is 0 Å². The third-order valence-electron chi connectivity index (χ3n) is 2.12. The SMILES string of the molecule is CCC=C1NC(=O)c2ccccc21. The molecule has 0 radical (unpaired) electrons. The number of fused-ring (bicyclic) bond motifs is 1. The van der Waals surface area contributed by atoms with E-state index in [1.807, 2.05) is 30.3 Å². The third kappa shape index (κ3) is 1.24. The molecule has 1 aromatic carbocycles. The number of carbonyl (C=O) groups excluding carboxylic acids is 1. The van der Waals surface area contributed by atoms with Gasteiger partial charge in [0.1, 0.15) is 0 Å². The predicted octanol–water partition coefficient (Wildman–Crippen LogP) is 2.18. The molecule has 1 heterocycles. The molecule has 1 aliphatic rings. The van der Waals surface area contributed by atoms with Gasteiger partial charge in [-0.15, -0.1) is 0 Å². The van der Waals surface area contributed by atoms with E-state index in [0.29, 0.717) is 0 Å². The van der Waals surface area contributed by atoms with Crippen LogP contribution in [0.3, 0.4) is 0 Å². The Morgan fingerprint density at radius 3 is 2.69 bits per heavy atom. The Labute approximate surface area is 77.3 Å². The van der Waals surface area contributed by atoms with Crippen LogP contribution in [-0.4, -0.2) is 5.91 Å². The molecular weight excluding hydrogens is 162 g/mol. The number of benzene rings is 1. The number of allylic oxidation sites excluding steroid dienone is 1. The van der Waals surface area contributed by atoms with E-state index < -0.39 is 0 Å². The molecule has 0 saturated heterocycles. The van der Waals surface area contributed by atoms with Crippen molar-refractivity contribution in [3.05, 3.63) is 41.5 Å². The fourth-order valence-electron chi connectivity index (χ4n) is 1.54. The maximum absolute atomic E-state index is 11.4. The average molecular weight is 173 g/mol. The summed E-state index contributed by atoms with van der Waals surface area (Å²) in [7, 11) is 0. The fourth-order valence-corrected chi connectivity index (χ4v) is 1.54. The van der Waals surface area contributed by atoms with Crippen molar-refractivity contribution in [3.8, 4) is 0 Å². The molecule has 0 atom stereocenters. The molecule has 2 heteroatoms. The Hall–Kier alpha value is -1.57. The zero-order chi connectivity index (χ0) is 9.26. The van der Waals surface area contributed by atoms with E-state index in [0.717, 1.165) is 23.2 Å². The minimum atomic E-state index is 0.00954. The Balaban J connectivity index is 2.53. The standard InChI is InChI=1S/C11H11NO/c1-2-5-10-8-6-3-4-7-9(8)11(13)12-10/h3-7H,2H2,1H3,(H,12,13). The van der Waals surface area contributed by atoms with E-state index in [-0.39, 0.29) is 5.91 Å². The van der Waals surface area contributed by atoms with Crippen molar-refractivity contribution in [2.24, 2.45) is 0 Å². The normalized spacial score (nSPS) is 17.3. The highest BCUT2D eigenvalue weighted by molar-refractivity contribution is 6.09. The van der Waals surface area contributed by atoms with E-state index in [9.17, 15) is 4.79 Å². The van der Waals surface area contributed by atoms with E-state index in [4.69, 9.17) is 0 Å². The maximum Gasteiger partial charge on any atom is 0.256 e. The van der Waals surface area contributed by atoms with Crippen LogP contribution in [-0.2, 0) is 0 Å². The Morgan fingerprint density at radius 1 is 1.31 bits per heavy atom. The van der Waals surface area contributed by atoms with Crippen molar-refractivity contribution in [1.82, 2.24) is 5.32 Å². The largest absolute Gasteiger partial charge is 0.322 e. The van der Waals surface area contributed by atoms with Gasteiger partial charge < -0.3 is 5.32 Å². The van der Waals surface area contributed by atoms with Crippen LogP contribution in [0, 0.1) is 0 Å². The minimum Gasteiger partial charge on any atom is -0.322 e. The maximum atomic E-state index is 11.4. The molecule has 13 heavy (non-hydrogen) atoms. The summed E-state index contributed by atoms with van der Waals surface area (Å²) in [6, 6.07) is 7.64. The van der Waals surface area contributed by atoms with Gasteiger partial charge in [0.25, 0.3) is 5.91 Å². The summed E-state index contributed by atoms with van der Waals surface area (Å²) in [5.41, 5.74) is 2.75. The Bertz CT molecular complexity index is 379. The first-order valence-corrected chi connectivity index (χ1v) is 4.44. The Morgan fingerprint density at radius 2 is 2.00 bits per heavy atom. The van der Waals surface area contributed by atoms with Crippen molar-refractivity contribution in [2.45, 2.75) is 13.3 Å². The van der Waals surface area contributed by atoms with Gasteiger partial charge in [-0.1, -0.05) is 31.2 Å². The lowest BCUT2D eigenvalue weighted by atomic mass is 10.1. The summed E-state index contributed by atoms with van der Waals surface area (Å²) in [6.45, 7) is 2.06. The van der Waals surface area contributed by atoms with Gasteiger partial charge in [-0.25, -0.2) is 0 Å². The van der Waals surface area contributed by atoms with Crippen LogP contribution in [0.1, 0.15) is 29.3 Å². The zero-order valence-electron chi connectivity index (χ0n) is 7.50. The molecule has 66 valence electrons. The van der Waals surface area contributed by atoms with Gasteiger partial charge in [0.15, 0.2) is 0 Å². The molecule has 0 spiro atoms. The van der Waals surface area contributed by atoms with Crippen LogP contribution in [0.4, 0.5) is 0 Å². The molecule has 0 unspecified atom stereocenters.